The van der Waals surface area contributed by atoms with Crippen molar-refractivity contribution in [2.75, 3.05) is 13.2 Å². The van der Waals surface area contributed by atoms with Crippen LogP contribution in [-0.4, -0.2) is 23.3 Å². The van der Waals surface area contributed by atoms with E-state index in [0.717, 1.165) is 0 Å². The molecule has 1 atom stereocenters. The molecule has 0 bridgehead atoms. The van der Waals surface area contributed by atoms with E-state index in [1.165, 1.54) is 0 Å². The van der Waals surface area contributed by atoms with Crippen LogP contribution >= 0.6 is 34.2 Å². The summed E-state index contributed by atoms with van der Waals surface area (Å²) < 4.78 is 19.3. The zero-order chi connectivity index (χ0) is 11.2. The van der Waals surface area contributed by atoms with Crippen LogP contribution in [-0.2, 0) is 5.41 Å². The quantitative estimate of drug-likeness (QED) is 0.627. The third kappa shape index (κ3) is 1.60. The molecule has 1 aromatic rings. The first-order chi connectivity index (χ1) is 6.99. The first kappa shape index (κ1) is 11.3. The molecule has 1 N–H and O–H groups in total. The monoisotopic (exact) mass is 343 g/mol. The van der Waals surface area contributed by atoms with Crippen LogP contribution in [0.1, 0.15) is 12.5 Å². The van der Waals surface area contributed by atoms with Crippen molar-refractivity contribution in [3.05, 3.63) is 20.2 Å². The Morgan fingerprint density at radius 2 is 2.40 bits per heavy atom. The minimum Gasteiger partial charge on any atom is -0.489 e. The molecule has 0 spiro atoms. The molecule has 2 heterocycles. The second kappa shape index (κ2) is 3.71. The van der Waals surface area contributed by atoms with Crippen LogP contribution in [0.3, 0.4) is 0 Å². The van der Waals surface area contributed by atoms with Gasteiger partial charge in [0.1, 0.15) is 10.3 Å². The number of nitrogens with zero attached hydrogens (tertiary/aromatic N) is 1. The van der Waals surface area contributed by atoms with Gasteiger partial charge in [-0.25, -0.2) is 9.37 Å². The largest absolute Gasteiger partial charge is 0.489 e. The average molecular weight is 344 g/mol. The van der Waals surface area contributed by atoms with Crippen LogP contribution in [0.2, 0.25) is 5.15 Å². The van der Waals surface area contributed by atoms with Gasteiger partial charge in [0.15, 0.2) is 16.7 Å². The lowest BCUT2D eigenvalue weighted by Gasteiger charge is -2.19. The van der Waals surface area contributed by atoms with E-state index in [1.54, 1.807) is 29.5 Å². The smallest absolute Gasteiger partial charge is 0.172 e. The predicted molar refractivity (Wildman–Crippen MR) is 61.9 cm³/mol. The predicted octanol–water partition coefficient (Wildman–Crippen LogP) is 2.12. The van der Waals surface area contributed by atoms with E-state index in [-0.39, 0.29) is 27.8 Å². The topological polar surface area (TPSA) is 42.4 Å². The van der Waals surface area contributed by atoms with Crippen LogP contribution in [0.15, 0.2) is 0 Å². The Labute approximate surface area is 105 Å². The Bertz CT molecular complexity index is 429. The van der Waals surface area contributed by atoms with Crippen LogP contribution < -0.4 is 4.74 Å². The summed E-state index contributed by atoms with van der Waals surface area (Å²) in [5.41, 5.74) is -0.402. The maximum atomic E-state index is 13.8. The van der Waals surface area contributed by atoms with E-state index in [9.17, 15) is 9.50 Å². The highest BCUT2D eigenvalue weighted by atomic mass is 127. The van der Waals surface area contributed by atoms with E-state index in [0.29, 0.717) is 5.56 Å². The summed E-state index contributed by atoms with van der Waals surface area (Å²) in [4.78, 5) is 3.82. The van der Waals surface area contributed by atoms with Gasteiger partial charge in [0, 0.05) is 5.56 Å². The summed E-state index contributed by atoms with van der Waals surface area (Å²) in [6, 6.07) is 0. The van der Waals surface area contributed by atoms with Gasteiger partial charge >= 0.3 is 0 Å². The summed E-state index contributed by atoms with van der Waals surface area (Å²) in [5.74, 6) is -0.199. The van der Waals surface area contributed by atoms with Crippen LogP contribution in [0.5, 0.6) is 5.75 Å². The van der Waals surface area contributed by atoms with Gasteiger partial charge in [0.25, 0.3) is 0 Å². The lowest BCUT2D eigenvalue weighted by Crippen LogP contribution is -2.29. The number of hydrogen-bond acceptors (Lipinski definition) is 3. The number of pyridine rings is 1. The van der Waals surface area contributed by atoms with Crippen molar-refractivity contribution >= 4 is 34.2 Å². The molecule has 1 unspecified atom stereocenters. The van der Waals surface area contributed by atoms with E-state index < -0.39 is 11.2 Å². The highest BCUT2D eigenvalue weighted by Crippen LogP contribution is 2.44. The van der Waals surface area contributed by atoms with Gasteiger partial charge in [-0.2, -0.15) is 0 Å². The molecule has 3 nitrogen and oxygen atoms in total. The van der Waals surface area contributed by atoms with Gasteiger partial charge in [-0.15, -0.1) is 0 Å². The number of ether oxygens (including phenoxy) is 1. The maximum Gasteiger partial charge on any atom is 0.172 e. The van der Waals surface area contributed by atoms with Crippen molar-refractivity contribution in [2.45, 2.75) is 12.3 Å². The first-order valence-electron chi connectivity index (χ1n) is 4.28. The van der Waals surface area contributed by atoms with Gasteiger partial charge in [-0.1, -0.05) is 11.6 Å². The Kier molecular flexibility index (Phi) is 2.81. The van der Waals surface area contributed by atoms with Crippen molar-refractivity contribution in [1.82, 2.24) is 4.98 Å². The molecule has 1 aliphatic rings. The molecule has 1 aliphatic heterocycles. The molecule has 15 heavy (non-hydrogen) atoms. The fraction of sp³-hybridized carbons (Fsp3) is 0.444. The second-order valence-corrected chi connectivity index (χ2v) is 5.10. The Hall–Kier alpha value is -0.140. The SMILES string of the molecule is CC1(CO)COc2c(Cl)nc(I)c(F)c21. The molecule has 0 aromatic carbocycles. The maximum absolute atomic E-state index is 13.8. The van der Waals surface area contributed by atoms with Gasteiger partial charge in [0.05, 0.1) is 12.0 Å². The number of aromatic nitrogens is 1. The van der Waals surface area contributed by atoms with Gasteiger partial charge in [-0.3, -0.25) is 0 Å². The van der Waals surface area contributed by atoms with Crippen molar-refractivity contribution in [2.24, 2.45) is 0 Å². The zero-order valence-corrected chi connectivity index (χ0v) is 10.8. The molecule has 0 aliphatic carbocycles. The normalized spacial score (nSPS) is 23.8. The number of fused-ring (bicyclic) bond motifs is 1. The molecule has 0 saturated carbocycles. The molecule has 2 rings (SSSR count). The van der Waals surface area contributed by atoms with Crippen molar-refractivity contribution in [3.63, 3.8) is 0 Å². The molecule has 0 radical (unpaired) electrons. The minimum absolute atomic E-state index is 0.146. The van der Waals surface area contributed by atoms with Crippen LogP contribution in [0, 0.1) is 9.52 Å². The molecule has 0 saturated heterocycles. The van der Waals surface area contributed by atoms with E-state index in [1.807, 2.05) is 0 Å². The molecule has 1 aromatic heterocycles. The molecule has 0 amide bonds. The first-order valence-corrected chi connectivity index (χ1v) is 5.74. The fourth-order valence-corrected chi connectivity index (χ4v) is 2.48. The van der Waals surface area contributed by atoms with Crippen molar-refractivity contribution < 1.29 is 14.2 Å². The summed E-state index contributed by atoms with van der Waals surface area (Å²) in [6.07, 6.45) is 0. The highest BCUT2D eigenvalue weighted by Gasteiger charge is 2.41. The molecule has 6 heteroatoms. The summed E-state index contributed by atoms with van der Waals surface area (Å²) >= 11 is 7.61. The molecule has 82 valence electrons. The van der Waals surface area contributed by atoms with Gasteiger partial charge in [-0.05, 0) is 29.5 Å². The lowest BCUT2D eigenvalue weighted by atomic mass is 9.86. The number of aliphatic hydroxyl groups excluding tert-OH is 1. The Morgan fingerprint density at radius 1 is 1.73 bits per heavy atom. The average Bonchev–Trinajstić information content (AvgIpc) is 2.55. The number of halogens is 3. The third-order valence-corrected chi connectivity index (χ3v) is 3.47. The highest BCUT2D eigenvalue weighted by molar-refractivity contribution is 14.1. The number of rotatable bonds is 1. The summed E-state index contributed by atoms with van der Waals surface area (Å²) in [6.45, 7) is 1.76. The van der Waals surface area contributed by atoms with Crippen LogP contribution in [0.25, 0.3) is 0 Å². The summed E-state index contributed by atoms with van der Waals surface area (Å²) in [5, 5.41) is 9.41. The van der Waals surface area contributed by atoms with E-state index in [4.69, 9.17) is 16.3 Å². The van der Waals surface area contributed by atoms with Crippen molar-refractivity contribution in [3.8, 4) is 5.75 Å². The molecular weight excluding hydrogens is 335 g/mol. The van der Waals surface area contributed by atoms with Gasteiger partial charge in [0.2, 0.25) is 0 Å². The summed E-state index contributed by atoms with van der Waals surface area (Å²) in [7, 11) is 0. The molecular formula is C9H8ClFINO2. The van der Waals surface area contributed by atoms with Crippen LogP contribution in [0.4, 0.5) is 4.39 Å². The van der Waals surface area contributed by atoms with Gasteiger partial charge < -0.3 is 9.84 Å². The van der Waals surface area contributed by atoms with Crippen molar-refractivity contribution in [1.29, 1.82) is 0 Å². The Morgan fingerprint density at radius 3 is 3.00 bits per heavy atom. The number of hydrogen-bond donors (Lipinski definition) is 1. The third-order valence-electron chi connectivity index (χ3n) is 2.50. The standard InChI is InChI=1S/C9H8ClFINO2/c1-9(2-14)3-15-6-4(9)5(11)8(12)13-7(6)10/h14H,2-3H2,1H3. The lowest BCUT2D eigenvalue weighted by molar-refractivity contribution is 0.169. The fourth-order valence-electron chi connectivity index (χ4n) is 1.59. The minimum atomic E-state index is -0.730. The zero-order valence-electron chi connectivity index (χ0n) is 7.85. The second-order valence-electron chi connectivity index (χ2n) is 3.72. The van der Waals surface area contributed by atoms with E-state index >= 15 is 0 Å². The Balaban J connectivity index is 2.71. The van der Waals surface area contributed by atoms with E-state index in [2.05, 4.69) is 4.98 Å². The molecule has 0 fully saturated rings. The number of aliphatic hydroxyl groups is 1.